The highest BCUT2D eigenvalue weighted by Gasteiger charge is 2.06. The third kappa shape index (κ3) is 3.23. The lowest BCUT2D eigenvalue weighted by molar-refractivity contribution is 0.297. The van der Waals surface area contributed by atoms with Gasteiger partial charge in [-0.05, 0) is 56.1 Å². The molecule has 0 spiro atoms. The van der Waals surface area contributed by atoms with Crippen LogP contribution in [0.3, 0.4) is 0 Å². The highest BCUT2D eigenvalue weighted by Crippen LogP contribution is 2.33. The molecule has 1 heterocycles. The Morgan fingerprint density at radius 3 is 2.44 bits per heavy atom. The first-order valence-corrected chi connectivity index (χ1v) is 7.00. The molecule has 0 aliphatic carbocycles. The molecular formula is C13H12Br2N2O. The maximum atomic E-state index is 5.77. The number of aromatic nitrogens is 1. The molecule has 0 saturated heterocycles. The van der Waals surface area contributed by atoms with Gasteiger partial charge in [-0.3, -0.25) is 0 Å². The highest BCUT2D eigenvalue weighted by atomic mass is 79.9. The molecule has 0 atom stereocenters. The van der Waals surface area contributed by atoms with Gasteiger partial charge < -0.3 is 10.1 Å². The van der Waals surface area contributed by atoms with Gasteiger partial charge in [0.15, 0.2) is 0 Å². The van der Waals surface area contributed by atoms with E-state index in [9.17, 15) is 0 Å². The summed E-state index contributed by atoms with van der Waals surface area (Å²) in [7, 11) is 1.84. The largest absolute Gasteiger partial charge is 0.485 e. The van der Waals surface area contributed by atoms with E-state index in [1.165, 1.54) is 0 Å². The number of hydrogen-bond donors (Lipinski definition) is 1. The summed E-state index contributed by atoms with van der Waals surface area (Å²) in [5.74, 6) is 1.62. The molecule has 5 heteroatoms. The Kier molecular flexibility index (Phi) is 4.60. The molecule has 0 radical (unpaired) electrons. The predicted octanol–water partition coefficient (Wildman–Crippen LogP) is 4.23. The normalized spacial score (nSPS) is 10.2. The van der Waals surface area contributed by atoms with Gasteiger partial charge in [0, 0.05) is 7.05 Å². The van der Waals surface area contributed by atoms with E-state index < -0.39 is 0 Å². The Morgan fingerprint density at radius 2 is 1.78 bits per heavy atom. The average molecular weight is 372 g/mol. The van der Waals surface area contributed by atoms with Crippen molar-refractivity contribution >= 4 is 37.7 Å². The van der Waals surface area contributed by atoms with Crippen molar-refractivity contribution in [2.45, 2.75) is 6.61 Å². The fourth-order valence-electron chi connectivity index (χ4n) is 1.47. The van der Waals surface area contributed by atoms with Crippen LogP contribution in [-0.2, 0) is 6.61 Å². The topological polar surface area (TPSA) is 34.1 Å². The number of halogens is 2. The number of nitrogens with one attached hydrogen (secondary N) is 1. The number of pyridine rings is 1. The first kappa shape index (κ1) is 13.4. The molecule has 94 valence electrons. The molecule has 2 aromatic rings. The second-order valence-electron chi connectivity index (χ2n) is 3.60. The van der Waals surface area contributed by atoms with Crippen molar-refractivity contribution in [2.75, 3.05) is 12.4 Å². The zero-order valence-electron chi connectivity index (χ0n) is 9.78. The molecular weight excluding hydrogens is 360 g/mol. The van der Waals surface area contributed by atoms with E-state index in [2.05, 4.69) is 42.2 Å². The lowest BCUT2D eigenvalue weighted by Crippen LogP contribution is -2.01. The number of hydrogen-bond acceptors (Lipinski definition) is 3. The summed E-state index contributed by atoms with van der Waals surface area (Å²) in [6, 6.07) is 11.6. The summed E-state index contributed by atoms with van der Waals surface area (Å²) in [6.07, 6.45) is 0. The van der Waals surface area contributed by atoms with Gasteiger partial charge in [0.25, 0.3) is 0 Å². The zero-order valence-corrected chi connectivity index (χ0v) is 13.0. The fraction of sp³-hybridized carbons (Fsp3) is 0.154. The average Bonchev–Trinajstić information content (AvgIpc) is 2.38. The summed E-state index contributed by atoms with van der Waals surface area (Å²) < 4.78 is 7.61. The van der Waals surface area contributed by atoms with Gasteiger partial charge in [0.2, 0.25) is 0 Å². The molecule has 0 amide bonds. The minimum Gasteiger partial charge on any atom is -0.485 e. The van der Waals surface area contributed by atoms with Gasteiger partial charge in [-0.2, -0.15) is 0 Å². The molecule has 2 rings (SSSR count). The van der Waals surface area contributed by atoms with Gasteiger partial charge in [0.05, 0.1) is 14.6 Å². The van der Waals surface area contributed by atoms with E-state index in [4.69, 9.17) is 4.74 Å². The molecule has 1 aromatic heterocycles. The molecule has 1 N–H and O–H groups in total. The molecule has 0 fully saturated rings. The van der Waals surface area contributed by atoms with E-state index in [1.807, 2.05) is 43.4 Å². The van der Waals surface area contributed by atoms with Gasteiger partial charge in [-0.1, -0.05) is 12.1 Å². The zero-order chi connectivity index (χ0) is 13.0. The van der Waals surface area contributed by atoms with Crippen molar-refractivity contribution in [1.82, 2.24) is 4.98 Å². The second kappa shape index (κ2) is 6.20. The Morgan fingerprint density at radius 1 is 1.11 bits per heavy atom. The minimum absolute atomic E-state index is 0.427. The summed E-state index contributed by atoms with van der Waals surface area (Å²) >= 11 is 6.92. The number of ether oxygens (including phenoxy) is 1. The third-order valence-corrected chi connectivity index (χ3v) is 3.60. The smallest absolute Gasteiger partial charge is 0.148 e. The van der Waals surface area contributed by atoms with Gasteiger partial charge in [0.1, 0.15) is 18.2 Å². The molecule has 18 heavy (non-hydrogen) atoms. The van der Waals surface area contributed by atoms with Crippen LogP contribution in [0.2, 0.25) is 0 Å². The lowest BCUT2D eigenvalue weighted by atomic mass is 10.3. The number of anilines is 1. The Hall–Kier alpha value is -1.07. The van der Waals surface area contributed by atoms with Gasteiger partial charge in [-0.15, -0.1) is 0 Å². The van der Waals surface area contributed by atoms with E-state index in [1.54, 1.807) is 0 Å². The highest BCUT2D eigenvalue weighted by molar-refractivity contribution is 9.11. The number of para-hydroxylation sites is 1. The van der Waals surface area contributed by atoms with Crippen molar-refractivity contribution in [3.05, 3.63) is 51.0 Å². The summed E-state index contributed by atoms with van der Waals surface area (Å²) in [5, 5.41) is 3.00. The quantitative estimate of drug-likeness (QED) is 0.873. The van der Waals surface area contributed by atoms with Crippen LogP contribution in [0.5, 0.6) is 5.75 Å². The van der Waals surface area contributed by atoms with Crippen LogP contribution in [0.4, 0.5) is 5.82 Å². The van der Waals surface area contributed by atoms with Crippen molar-refractivity contribution in [3.63, 3.8) is 0 Å². The lowest BCUT2D eigenvalue weighted by Gasteiger charge is -2.10. The minimum atomic E-state index is 0.427. The van der Waals surface area contributed by atoms with Crippen LogP contribution in [-0.4, -0.2) is 12.0 Å². The van der Waals surface area contributed by atoms with Crippen molar-refractivity contribution in [2.24, 2.45) is 0 Å². The molecule has 3 nitrogen and oxygen atoms in total. The molecule has 0 aliphatic heterocycles. The molecule has 0 unspecified atom stereocenters. The van der Waals surface area contributed by atoms with E-state index >= 15 is 0 Å². The number of rotatable bonds is 4. The van der Waals surface area contributed by atoms with Crippen LogP contribution >= 0.6 is 31.9 Å². The van der Waals surface area contributed by atoms with Gasteiger partial charge >= 0.3 is 0 Å². The summed E-state index contributed by atoms with van der Waals surface area (Å²) in [4.78, 5) is 4.40. The van der Waals surface area contributed by atoms with Crippen LogP contribution < -0.4 is 10.1 Å². The Labute approximate surface area is 123 Å². The first-order valence-electron chi connectivity index (χ1n) is 5.41. The van der Waals surface area contributed by atoms with Crippen LogP contribution in [0.1, 0.15) is 5.69 Å². The molecule has 0 aliphatic rings. The number of nitrogens with zero attached hydrogens (tertiary/aromatic N) is 1. The second-order valence-corrected chi connectivity index (χ2v) is 5.31. The van der Waals surface area contributed by atoms with Crippen molar-refractivity contribution in [3.8, 4) is 5.75 Å². The van der Waals surface area contributed by atoms with E-state index in [0.29, 0.717) is 6.61 Å². The summed E-state index contributed by atoms with van der Waals surface area (Å²) in [6.45, 7) is 0.427. The van der Waals surface area contributed by atoms with Crippen molar-refractivity contribution in [1.29, 1.82) is 0 Å². The predicted molar refractivity (Wildman–Crippen MR) is 80.0 cm³/mol. The molecule has 0 saturated carbocycles. The van der Waals surface area contributed by atoms with Crippen LogP contribution in [0.15, 0.2) is 45.3 Å². The molecule has 0 bridgehead atoms. The Balaban J connectivity index is 2.11. The molecule has 1 aromatic carbocycles. The standard InChI is InChI=1S/C13H12Br2N2O/c1-16-12-7-2-4-9(17-12)8-18-13-10(14)5-3-6-11(13)15/h2-7H,8H2,1H3,(H,16,17). The fourth-order valence-corrected chi connectivity index (χ4v) is 2.69. The van der Waals surface area contributed by atoms with Crippen LogP contribution in [0, 0.1) is 0 Å². The summed E-state index contributed by atoms with van der Waals surface area (Å²) in [5.41, 5.74) is 0.879. The maximum absolute atomic E-state index is 5.77. The van der Waals surface area contributed by atoms with E-state index in [-0.39, 0.29) is 0 Å². The SMILES string of the molecule is CNc1cccc(COc2c(Br)cccc2Br)n1. The third-order valence-electron chi connectivity index (χ3n) is 2.35. The van der Waals surface area contributed by atoms with Gasteiger partial charge in [-0.25, -0.2) is 4.98 Å². The maximum Gasteiger partial charge on any atom is 0.148 e. The van der Waals surface area contributed by atoms with Crippen LogP contribution in [0.25, 0.3) is 0 Å². The van der Waals surface area contributed by atoms with E-state index in [0.717, 1.165) is 26.2 Å². The Bertz CT molecular complexity index is 526. The monoisotopic (exact) mass is 370 g/mol. The first-order chi connectivity index (χ1) is 8.70. The van der Waals surface area contributed by atoms with Crippen molar-refractivity contribution < 1.29 is 4.74 Å². The number of benzene rings is 1.